The number of halogens is 2. The molecule has 0 aromatic heterocycles. The van der Waals surface area contributed by atoms with Crippen molar-refractivity contribution in [2.24, 2.45) is 0 Å². The SMILES string of the molecule is Cc1ccccc1N1C(=O)C(Cl)=C(Nc2ccc(I)cc2)C1=O. The lowest BCUT2D eigenvalue weighted by molar-refractivity contribution is -0.120. The number of para-hydroxylation sites is 1. The lowest BCUT2D eigenvalue weighted by atomic mass is 10.2. The number of imide groups is 1. The highest BCUT2D eigenvalue weighted by Gasteiger charge is 2.39. The first kappa shape index (κ1) is 16.0. The lowest BCUT2D eigenvalue weighted by Gasteiger charge is -2.17. The van der Waals surface area contributed by atoms with Crippen molar-refractivity contribution in [1.82, 2.24) is 0 Å². The topological polar surface area (TPSA) is 49.4 Å². The molecule has 1 heterocycles. The number of amides is 2. The Kier molecular flexibility index (Phi) is 4.41. The Labute approximate surface area is 152 Å². The maximum absolute atomic E-state index is 12.6. The Balaban J connectivity index is 1.93. The van der Waals surface area contributed by atoms with E-state index >= 15 is 0 Å². The lowest BCUT2D eigenvalue weighted by Crippen LogP contribution is -2.32. The number of aryl methyl sites for hydroxylation is 1. The van der Waals surface area contributed by atoms with Gasteiger partial charge in [0.15, 0.2) is 0 Å². The number of carbonyl (C=O) groups is 2. The number of nitrogens with zero attached hydrogens (tertiary/aromatic N) is 1. The van der Waals surface area contributed by atoms with Crippen molar-refractivity contribution in [3.8, 4) is 0 Å². The number of hydrogen-bond donors (Lipinski definition) is 1. The summed E-state index contributed by atoms with van der Waals surface area (Å²) in [5.74, 6) is -0.966. The van der Waals surface area contributed by atoms with Crippen LogP contribution in [0.1, 0.15) is 5.56 Å². The molecule has 1 aliphatic rings. The standard InChI is InChI=1S/C17H12ClIN2O2/c1-10-4-2-3-5-13(10)21-16(22)14(18)15(17(21)23)20-12-8-6-11(19)7-9-12/h2-9,20H,1H3. The van der Waals surface area contributed by atoms with Gasteiger partial charge in [0, 0.05) is 9.26 Å². The molecule has 1 aliphatic heterocycles. The highest BCUT2D eigenvalue weighted by atomic mass is 127. The smallest absolute Gasteiger partial charge is 0.283 e. The van der Waals surface area contributed by atoms with Crippen molar-refractivity contribution in [2.75, 3.05) is 10.2 Å². The molecule has 116 valence electrons. The molecule has 0 saturated carbocycles. The van der Waals surface area contributed by atoms with E-state index in [1.807, 2.05) is 43.3 Å². The first-order valence-electron chi connectivity index (χ1n) is 6.86. The molecule has 2 aromatic carbocycles. The third-order valence-corrected chi connectivity index (χ3v) is 4.57. The molecule has 0 atom stereocenters. The van der Waals surface area contributed by atoms with E-state index in [0.717, 1.165) is 14.0 Å². The van der Waals surface area contributed by atoms with Gasteiger partial charge < -0.3 is 5.32 Å². The first-order valence-corrected chi connectivity index (χ1v) is 8.31. The number of carbonyl (C=O) groups excluding carboxylic acids is 2. The van der Waals surface area contributed by atoms with Gasteiger partial charge in [0.25, 0.3) is 11.8 Å². The van der Waals surface area contributed by atoms with Crippen LogP contribution in [-0.4, -0.2) is 11.8 Å². The predicted octanol–water partition coefficient (Wildman–Crippen LogP) is 4.04. The zero-order valence-corrected chi connectivity index (χ0v) is 15.1. The van der Waals surface area contributed by atoms with Crippen molar-refractivity contribution in [1.29, 1.82) is 0 Å². The van der Waals surface area contributed by atoms with Crippen molar-refractivity contribution >= 4 is 57.4 Å². The van der Waals surface area contributed by atoms with Crippen LogP contribution in [0.2, 0.25) is 0 Å². The van der Waals surface area contributed by atoms with Gasteiger partial charge in [0.1, 0.15) is 10.7 Å². The zero-order valence-electron chi connectivity index (χ0n) is 12.1. The molecule has 4 nitrogen and oxygen atoms in total. The largest absolute Gasteiger partial charge is 0.350 e. The van der Waals surface area contributed by atoms with Gasteiger partial charge in [-0.15, -0.1) is 0 Å². The summed E-state index contributed by atoms with van der Waals surface area (Å²) in [6.45, 7) is 1.84. The monoisotopic (exact) mass is 438 g/mol. The second-order valence-electron chi connectivity index (χ2n) is 5.05. The van der Waals surface area contributed by atoms with E-state index in [2.05, 4.69) is 27.9 Å². The summed E-state index contributed by atoms with van der Waals surface area (Å²) in [7, 11) is 0. The van der Waals surface area contributed by atoms with E-state index in [1.165, 1.54) is 0 Å². The number of hydrogen-bond acceptors (Lipinski definition) is 3. The fraction of sp³-hybridized carbons (Fsp3) is 0.0588. The molecule has 3 rings (SSSR count). The van der Waals surface area contributed by atoms with Crippen molar-refractivity contribution in [2.45, 2.75) is 6.92 Å². The molecule has 23 heavy (non-hydrogen) atoms. The van der Waals surface area contributed by atoms with Crippen LogP contribution in [0.4, 0.5) is 11.4 Å². The van der Waals surface area contributed by atoms with Gasteiger partial charge in [-0.3, -0.25) is 9.59 Å². The number of anilines is 2. The van der Waals surface area contributed by atoms with Gasteiger partial charge in [-0.25, -0.2) is 4.90 Å². The van der Waals surface area contributed by atoms with Crippen molar-refractivity contribution < 1.29 is 9.59 Å². The maximum atomic E-state index is 12.6. The van der Waals surface area contributed by atoms with Gasteiger partial charge in [0.05, 0.1) is 5.69 Å². The summed E-state index contributed by atoms with van der Waals surface area (Å²) >= 11 is 8.30. The van der Waals surface area contributed by atoms with Gasteiger partial charge in [-0.1, -0.05) is 29.8 Å². The molecule has 2 aromatic rings. The van der Waals surface area contributed by atoms with E-state index in [-0.39, 0.29) is 10.7 Å². The fourth-order valence-electron chi connectivity index (χ4n) is 2.32. The van der Waals surface area contributed by atoms with Gasteiger partial charge in [0.2, 0.25) is 0 Å². The molecule has 0 saturated heterocycles. The van der Waals surface area contributed by atoms with Crippen molar-refractivity contribution in [3.63, 3.8) is 0 Å². The summed E-state index contributed by atoms with van der Waals surface area (Å²) in [4.78, 5) is 26.2. The average molecular weight is 439 g/mol. The normalized spacial score (nSPS) is 14.7. The molecular formula is C17H12ClIN2O2. The molecule has 2 amide bonds. The molecule has 0 spiro atoms. The molecule has 0 bridgehead atoms. The highest BCUT2D eigenvalue weighted by molar-refractivity contribution is 14.1. The molecule has 1 N–H and O–H groups in total. The minimum atomic E-state index is -0.515. The molecule has 6 heteroatoms. The maximum Gasteiger partial charge on any atom is 0.283 e. The third kappa shape index (κ3) is 2.98. The van der Waals surface area contributed by atoms with Crippen LogP contribution in [-0.2, 0) is 9.59 Å². The quantitative estimate of drug-likeness (QED) is 0.581. The van der Waals surface area contributed by atoms with Crippen LogP contribution in [0, 0.1) is 10.5 Å². The first-order chi connectivity index (χ1) is 11.0. The van der Waals surface area contributed by atoms with E-state index in [0.29, 0.717) is 11.4 Å². The van der Waals surface area contributed by atoms with Crippen LogP contribution < -0.4 is 10.2 Å². The number of benzene rings is 2. The Bertz CT molecular complexity index is 831. The van der Waals surface area contributed by atoms with E-state index in [4.69, 9.17) is 11.6 Å². The summed E-state index contributed by atoms with van der Waals surface area (Å²) in [5, 5.41) is 2.85. The molecule has 0 radical (unpaired) electrons. The van der Waals surface area contributed by atoms with Crippen LogP contribution in [0.5, 0.6) is 0 Å². The summed E-state index contributed by atoms with van der Waals surface area (Å²) < 4.78 is 1.07. The Morgan fingerprint density at radius 1 is 1.00 bits per heavy atom. The van der Waals surface area contributed by atoms with E-state index < -0.39 is 11.8 Å². The van der Waals surface area contributed by atoms with Gasteiger partial charge in [-0.2, -0.15) is 0 Å². The summed E-state index contributed by atoms with van der Waals surface area (Å²) in [6, 6.07) is 14.7. The molecular weight excluding hydrogens is 427 g/mol. The van der Waals surface area contributed by atoms with Crippen LogP contribution >= 0.6 is 34.2 Å². The average Bonchev–Trinajstić information content (AvgIpc) is 2.74. The van der Waals surface area contributed by atoms with Gasteiger partial charge in [-0.05, 0) is 65.4 Å². The van der Waals surface area contributed by atoms with Crippen molar-refractivity contribution in [3.05, 3.63) is 68.4 Å². The Hall–Kier alpha value is -1.86. The number of nitrogens with one attached hydrogen (secondary N) is 1. The molecule has 0 unspecified atom stereocenters. The van der Waals surface area contributed by atoms with E-state index in [1.54, 1.807) is 12.1 Å². The number of rotatable bonds is 3. The van der Waals surface area contributed by atoms with Crippen LogP contribution in [0.15, 0.2) is 59.3 Å². The predicted molar refractivity (Wildman–Crippen MR) is 99.3 cm³/mol. The molecule has 0 aliphatic carbocycles. The third-order valence-electron chi connectivity index (χ3n) is 3.50. The fourth-order valence-corrected chi connectivity index (χ4v) is 2.89. The Morgan fingerprint density at radius 2 is 1.65 bits per heavy atom. The molecule has 0 fully saturated rings. The van der Waals surface area contributed by atoms with Crippen LogP contribution in [0.25, 0.3) is 0 Å². The minimum Gasteiger partial charge on any atom is -0.350 e. The van der Waals surface area contributed by atoms with Crippen LogP contribution in [0.3, 0.4) is 0 Å². The summed E-state index contributed by atoms with van der Waals surface area (Å²) in [5.41, 5.74) is 2.17. The second-order valence-corrected chi connectivity index (χ2v) is 6.68. The van der Waals surface area contributed by atoms with E-state index in [9.17, 15) is 9.59 Å². The second kappa shape index (κ2) is 6.33. The Morgan fingerprint density at radius 3 is 2.30 bits per heavy atom. The highest BCUT2D eigenvalue weighted by Crippen LogP contribution is 2.31. The van der Waals surface area contributed by atoms with Gasteiger partial charge >= 0.3 is 0 Å². The summed E-state index contributed by atoms with van der Waals surface area (Å²) in [6.07, 6.45) is 0. The zero-order chi connectivity index (χ0) is 16.6. The minimum absolute atomic E-state index is 0.0983.